The monoisotopic (exact) mass is 397 g/mol. The molecule has 0 aliphatic heterocycles. The molecule has 0 amide bonds. The molecule has 1 aliphatic carbocycles. The molecule has 0 radical (unpaired) electrons. The second-order valence-electron chi connectivity index (χ2n) is 6.93. The lowest BCUT2D eigenvalue weighted by Crippen LogP contribution is -2.23. The number of halogens is 2. The maximum Gasteiger partial charge on any atom is 0.225 e. The third-order valence-corrected chi connectivity index (χ3v) is 5.07. The van der Waals surface area contributed by atoms with Crippen LogP contribution in [0.5, 0.6) is 0 Å². The van der Waals surface area contributed by atoms with Crippen molar-refractivity contribution in [3.63, 3.8) is 0 Å². The fourth-order valence-corrected chi connectivity index (χ4v) is 3.58. The molecule has 2 heterocycles. The maximum atomic E-state index is 14.2. The molecule has 1 aromatic carbocycles. The molecule has 2 N–H and O–H groups in total. The van der Waals surface area contributed by atoms with E-state index in [0.29, 0.717) is 22.8 Å². The molecule has 7 heteroatoms. The molecule has 1 fully saturated rings. The summed E-state index contributed by atoms with van der Waals surface area (Å²) >= 11 is 6.01. The van der Waals surface area contributed by atoms with Gasteiger partial charge < -0.3 is 10.6 Å². The van der Waals surface area contributed by atoms with Crippen molar-refractivity contribution in [3.8, 4) is 11.3 Å². The van der Waals surface area contributed by atoms with Crippen LogP contribution in [0.4, 0.5) is 21.8 Å². The Balaban J connectivity index is 1.67. The number of benzene rings is 1. The first-order valence-corrected chi connectivity index (χ1v) is 9.83. The zero-order valence-electron chi connectivity index (χ0n) is 15.3. The molecular formula is C21H21ClFN5. The van der Waals surface area contributed by atoms with Crippen molar-refractivity contribution in [1.29, 1.82) is 0 Å². The summed E-state index contributed by atoms with van der Waals surface area (Å²) in [6, 6.07) is 10.3. The van der Waals surface area contributed by atoms with Crippen LogP contribution < -0.4 is 10.6 Å². The van der Waals surface area contributed by atoms with Crippen molar-refractivity contribution < 1.29 is 4.39 Å². The van der Waals surface area contributed by atoms with Crippen molar-refractivity contribution in [2.75, 3.05) is 10.6 Å². The fraction of sp³-hybridized carbons (Fsp3) is 0.286. The predicted octanol–water partition coefficient (Wildman–Crippen LogP) is 5.82. The average molecular weight is 398 g/mol. The number of pyridine rings is 1. The van der Waals surface area contributed by atoms with Gasteiger partial charge in [0.2, 0.25) is 5.95 Å². The molecule has 1 aliphatic rings. The highest BCUT2D eigenvalue weighted by molar-refractivity contribution is 6.30. The SMILES string of the molecule is Fc1ccc(Cl)cc1Nc1cc(-c2ccncc2)nc(NC2CCCCC2)n1. The normalized spacial score (nSPS) is 14.6. The van der Waals surface area contributed by atoms with E-state index in [4.69, 9.17) is 11.6 Å². The number of hydrogen-bond donors (Lipinski definition) is 2. The standard InChI is InChI=1S/C21H21ClFN5/c22-15-6-7-17(23)19(12-15)26-20-13-18(14-8-10-24-11-9-14)27-21(28-20)25-16-4-2-1-3-5-16/h6-13,16H,1-5H2,(H2,25,26,27,28). The lowest BCUT2D eigenvalue weighted by molar-refractivity contribution is 0.461. The van der Waals surface area contributed by atoms with Gasteiger partial charge >= 0.3 is 0 Å². The van der Waals surface area contributed by atoms with Crippen molar-refractivity contribution in [1.82, 2.24) is 15.0 Å². The van der Waals surface area contributed by atoms with Gasteiger partial charge in [-0.05, 0) is 43.2 Å². The largest absolute Gasteiger partial charge is 0.351 e. The van der Waals surface area contributed by atoms with Crippen LogP contribution in [0.3, 0.4) is 0 Å². The van der Waals surface area contributed by atoms with E-state index in [-0.39, 0.29) is 5.69 Å². The minimum Gasteiger partial charge on any atom is -0.351 e. The van der Waals surface area contributed by atoms with E-state index in [2.05, 4.69) is 25.6 Å². The molecule has 2 aromatic heterocycles. The Labute approximate surface area is 168 Å². The van der Waals surface area contributed by atoms with Crippen LogP contribution in [0, 0.1) is 5.82 Å². The molecule has 0 bridgehead atoms. The molecular weight excluding hydrogens is 377 g/mol. The van der Waals surface area contributed by atoms with Gasteiger partial charge in [-0.1, -0.05) is 30.9 Å². The minimum atomic E-state index is -0.393. The summed E-state index contributed by atoms with van der Waals surface area (Å²) in [5.74, 6) is 0.641. The van der Waals surface area contributed by atoms with E-state index in [1.54, 1.807) is 24.5 Å². The second-order valence-corrected chi connectivity index (χ2v) is 7.36. The van der Waals surface area contributed by atoms with E-state index in [1.807, 2.05) is 12.1 Å². The summed E-state index contributed by atoms with van der Waals surface area (Å²) in [4.78, 5) is 13.3. The van der Waals surface area contributed by atoms with Gasteiger partial charge in [-0.3, -0.25) is 4.98 Å². The molecule has 3 aromatic rings. The Kier molecular flexibility index (Phi) is 5.67. The molecule has 1 saturated carbocycles. The molecule has 4 rings (SSSR count). The van der Waals surface area contributed by atoms with Crippen LogP contribution >= 0.6 is 11.6 Å². The summed E-state index contributed by atoms with van der Waals surface area (Å²) in [5.41, 5.74) is 1.93. The van der Waals surface area contributed by atoms with E-state index < -0.39 is 5.82 Å². The van der Waals surface area contributed by atoms with Gasteiger partial charge in [0.15, 0.2) is 0 Å². The Hall–Kier alpha value is -2.73. The van der Waals surface area contributed by atoms with Gasteiger partial charge in [-0.25, -0.2) is 9.37 Å². The lowest BCUT2D eigenvalue weighted by atomic mass is 9.96. The Bertz CT molecular complexity index is 945. The van der Waals surface area contributed by atoms with Crippen molar-refractivity contribution in [2.24, 2.45) is 0 Å². The molecule has 0 unspecified atom stereocenters. The van der Waals surface area contributed by atoms with E-state index >= 15 is 0 Å². The highest BCUT2D eigenvalue weighted by Gasteiger charge is 2.16. The van der Waals surface area contributed by atoms with Crippen molar-refractivity contribution >= 4 is 29.1 Å². The Morgan fingerprint density at radius 2 is 1.75 bits per heavy atom. The van der Waals surface area contributed by atoms with Crippen molar-refractivity contribution in [2.45, 2.75) is 38.1 Å². The second kappa shape index (κ2) is 8.52. The number of nitrogens with one attached hydrogen (secondary N) is 2. The minimum absolute atomic E-state index is 0.274. The zero-order valence-corrected chi connectivity index (χ0v) is 16.1. The molecule has 5 nitrogen and oxygen atoms in total. The number of hydrogen-bond acceptors (Lipinski definition) is 5. The summed E-state index contributed by atoms with van der Waals surface area (Å²) in [6.07, 6.45) is 9.34. The van der Waals surface area contributed by atoms with Crippen LogP contribution in [0.15, 0.2) is 48.8 Å². The van der Waals surface area contributed by atoms with Crippen LogP contribution in [0.25, 0.3) is 11.3 Å². The first-order chi connectivity index (χ1) is 13.7. The third-order valence-electron chi connectivity index (χ3n) is 4.83. The van der Waals surface area contributed by atoms with Crippen LogP contribution in [-0.2, 0) is 0 Å². The van der Waals surface area contributed by atoms with Gasteiger partial charge in [0.25, 0.3) is 0 Å². The first kappa shape index (κ1) is 18.6. The van der Waals surface area contributed by atoms with Crippen LogP contribution in [0.2, 0.25) is 5.02 Å². The quantitative estimate of drug-likeness (QED) is 0.568. The number of aromatic nitrogens is 3. The first-order valence-electron chi connectivity index (χ1n) is 9.45. The van der Waals surface area contributed by atoms with Gasteiger partial charge in [0, 0.05) is 35.1 Å². The number of rotatable bonds is 5. The molecule has 28 heavy (non-hydrogen) atoms. The summed E-state index contributed by atoms with van der Waals surface area (Å²) in [7, 11) is 0. The van der Waals surface area contributed by atoms with E-state index in [1.165, 1.54) is 31.4 Å². The highest BCUT2D eigenvalue weighted by atomic mass is 35.5. The molecule has 0 spiro atoms. The topological polar surface area (TPSA) is 62.7 Å². The maximum absolute atomic E-state index is 14.2. The summed E-state index contributed by atoms with van der Waals surface area (Å²) in [6.45, 7) is 0. The number of nitrogens with zero attached hydrogens (tertiary/aromatic N) is 3. The van der Waals surface area contributed by atoms with Crippen LogP contribution in [0.1, 0.15) is 32.1 Å². The van der Waals surface area contributed by atoms with E-state index in [0.717, 1.165) is 24.1 Å². The van der Waals surface area contributed by atoms with E-state index in [9.17, 15) is 4.39 Å². The fourth-order valence-electron chi connectivity index (χ4n) is 3.41. The Morgan fingerprint density at radius 1 is 0.964 bits per heavy atom. The van der Waals surface area contributed by atoms with Gasteiger partial charge in [-0.2, -0.15) is 4.98 Å². The predicted molar refractivity (Wildman–Crippen MR) is 110 cm³/mol. The molecule has 0 atom stereocenters. The lowest BCUT2D eigenvalue weighted by Gasteiger charge is -2.23. The van der Waals surface area contributed by atoms with Gasteiger partial charge in [0.1, 0.15) is 11.6 Å². The third kappa shape index (κ3) is 4.57. The number of anilines is 3. The summed E-state index contributed by atoms with van der Waals surface area (Å²) in [5, 5.41) is 6.93. The Morgan fingerprint density at radius 3 is 2.54 bits per heavy atom. The van der Waals surface area contributed by atoms with Gasteiger partial charge in [-0.15, -0.1) is 0 Å². The molecule has 0 saturated heterocycles. The van der Waals surface area contributed by atoms with Crippen LogP contribution in [-0.4, -0.2) is 21.0 Å². The zero-order chi connectivity index (χ0) is 19.3. The van der Waals surface area contributed by atoms with Gasteiger partial charge in [0.05, 0.1) is 11.4 Å². The average Bonchev–Trinajstić information content (AvgIpc) is 2.72. The summed E-state index contributed by atoms with van der Waals surface area (Å²) < 4.78 is 14.2. The van der Waals surface area contributed by atoms with Crippen molar-refractivity contribution in [3.05, 3.63) is 59.6 Å². The molecule has 144 valence electrons. The smallest absolute Gasteiger partial charge is 0.225 e. The highest BCUT2D eigenvalue weighted by Crippen LogP contribution is 2.27.